The fraction of sp³-hybridized carbons (Fsp3) is 0.200. The van der Waals surface area contributed by atoms with E-state index in [9.17, 15) is 4.79 Å². The van der Waals surface area contributed by atoms with E-state index < -0.39 is 0 Å². The van der Waals surface area contributed by atoms with E-state index in [0.717, 1.165) is 5.75 Å². The van der Waals surface area contributed by atoms with Gasteiger partial charge >= 0.3 is 0 Å². The molecule has 0 saturated carbocycles. The van der Waals surface area contributed by atoms with Crippen LogP contribution in [0.1, 0.15) is 17.3 Å². The summed E-state index contributed by atoms with van der Waals surface area (Å²) in [6, 6.07) is 6.75. The maximum atomic E-state index is 11.5. The first-order valence-corrected chi connectivity index (χ1v) is 5.13. The Morgan fingerprint density at radius 1 is 1.38 bits per heavy atom. The number of amides is 1. The Balaban J connectivity index is 2.59. The zero-order chi connectivity index (χ0) is 12.0. The third-order valence-electron chi connectivity index (χ3n) is 1.73. The van der Waals surface area contributed by atoms with Gasteiger partial charge in [0.1, 0.15) is 5.75 Å². The first-order valence-electron chi connectivity index (χ1n) is 4.72. The lowest BCUT2D eigenvalue weighted by molar-refractivity contribution is 0.0944. The summed E-state index contributed by atoms with van der Waals surface area (Å²) in [5.41, 5.74) is 10.4. The van der Waals surface area contributed by atoms with Crippen LogP contribution in [0.4, 0.5) is 0 Å². The molecule has 0 saturated heterocycles. The third-order valence-corrected chi connectivity index (χ3v) is 1.83. The lowest BCUT2D eigenvalue weighted by atomic mass is 10.2. The third kappa shape index (κ3) is 3.74. The maximum Gasteiger partial charge on any atom is 0.269 e. The average Bonchev–Trinajstić information content (AvgIpc) is 2.27. The SMILES string of the molecule is CCOc1ccc(C(=O)NNC(N)=S)cc1. The minimum atomic E-state index is -0.309. The largest absolute Gasteiger partial charge is 0.494 e. The highest BCUT2D eigenvalue weighted by atomic mass is 32.1. The fourth-order valence-electron chi connectivity index (χ4n) is 1.06. The summed E-state index contributed by atoms with van der Waals surface area (Å²) in [5.74, 6) is 0.414. The van der Waals surface area contributed by atoms with Crippen molar-refractivity contribution >= 4 is 23.2 Å². The summed E-state index contributed by atoms with van der Waals surface area (Å²) in [6.07, 6.45) is 0. The van der Waals surface area contributed by atoms with Gasteiger partial charge in [0.25, 0.3) is 5.91 Å². The molecule has 1 amide bonds. The molecule has 16 heavy (non-hydrogen) atoms. The number of nitrogens with one attached hydrogen (secondary N) is 2. The predicted octanol–water partition coefficient (Wildman–Crippen LogP) is 0.563. The maximum absolute atomic E-state index is 11.5. The van der Waals surface area contributed by atoms with Gasteiger partial charge in [-0.3, -0.25) is 15.6 Å². The summed E-state index contributed by atoms with van der Waals surface area (Å²) in [7, 11) is 0. The van der Waals surface area contributed by atoms with Crippen LogP contribution in [0.15, 0.2) is 24.3 Å². The van der Waals surface area contributed by atoms with E-state index in [-0.39, 0.29) is 11.0 Å². The molecule has 0 bridgehead atoms. The van der Waals surface area contributed by atoms with E-state index in [4.69, 9.17) is 10.5 Å². The molecule has 0 aliphatic rings. The molecule has 1 rings (SSSR count). The Hall–Kier alpha value is -1.82. The van der Waals surface area contributed by atoms with Crippen LogP contribution in [0, 0.1) is 0 Å². The van der Waals surface area contributed by atoms with Gasteiger partial charge in [-0.05, 0) is 43.4 Å². The van der Waals surface area contributed by atoms with Crippen LogP contribution in [0.5, 0.6) is 5.75 Å². The highest BCUT2D eigenvalue weighted by Gasteiger charge is 2.04. The fourth-order valence-corrected chi connectivity index (χ4v) is 1.11. The van der Waals surface area contributed by atoms with Crippen LogP contribution >= 0.6 is 12.2 Å². The van der Waals surface area contributed by atoms with Crippen molar-refractivity contribution in [2.45, 2.75) is 6.92 Å². The Labute approximate surface area is 98.9 Å². The minimum absolute atomic E-state index is 0.0132. The van der Waals surface area contributed by atoms with E-state index in [1.807, 2.05) is 6.92 Å². The number of hydrogen-bond donors (Lipinski definition) is 3. The number of carbonyl (C=O) groups excluding carboxylic acids is 1. The molecule has 86 valence electrons. The zero-order valence-electron chi connectivity index (χ0n) is 8.82. The number of hydrogen-bond acceptors (Lipinski definition) is 3. The molecule has 0 aliphatic carbocycles. The number of hydrazine groups is 1. The van der Waals surface area contributed by atoms with E-state index >= 15 is 0 Å². The molecule has 0 spiro atoms. The van der Waals surface area contributed by atoms with Crippen molar-refractivity contribution in [2.24, 2.45) is 5.73 Å². The van der Waals surface area contributed by atoms with Gasteiger partial charge in [0.05, 0.1) is 6.61 Å². The summed E-state index contributed by atoms with van der Waals surface area (Å²) >= 11 is 4.55. The molecule has 0 unspecified atom stereocenters. The number of carbonyl (C=O) groups is 1. The summed E-state index contributed by atoms with van der Waals surface area (Å²) in [6.45, 7) is 2.49. The molecule has 0 aliphatic heterocycles. The van der Waals surface area contributed by atoms with Crippen molar-refractivity contribution in [3.63, 3.8) is 0 Å². The van der Waals surface area contributed by atoms with Crippen molar-refractivity contribution in [3.8, 4) is 5.75 Å². The molecule has 0 aromatic heterocycles. The standard InChI is InChI=1S/C10H13N3O2S/c1-2-15-8-5-3-7(4-6-8)9(14)12-13-10(11)16/h3-6H,2H2,1H3,(H,12,14)(H3,11,13,16). The van der Waals surface area contributed by atoms with Crippen molar-refractivity contribution in [3.05, 3.63) is 29.8 Å². The molecule has 5 nitrogen and oxygen atoms in total. The lowest BCUT2D eigenvalue weighted by Gasteiger charge is -2.07. The van der Waals surface area contributed by atoms with Crippen LogP contribution in [-0.2, 0) is 0 Å². The van der Waals surface area contributed by atoms with Crippen molar-refractivity contribution in [2.75, 3.05) is 6.61 Å². The molecule has 0 radical (unpaired) electrons. The molecule has 4 N–H and O–H groups in total. The van der Waals surface area contributed by atoms with Gasteiger partial charge in [-0.2, -0.15) is 0 Å². The Bertz CT molecular complexity index is 378. The number of thiocarbonyl (C=S) groups is 1. The second-order valence-corrected chi connectivity index (χ2v) is 3.34. The van der Waals surface area contributed by atoms with Gasteiger partial charge < -0.3 is 10.5 Å². The van der Waals surface area contributed by atoms with Crippen LogP contribution in [0.25, 0.3) is 0 Å². The first kappa shape index (κ1) is 12.3. The van der Waals surface area contributed by atoms with E-state index in [1.54, 1.807) is 24.3 Å². The molecular formula is C10H13N3O2S. The molecule has 1 aromatic carbocycles. The van der Waals surface area contributed by atoms with Gasteiger partial charge in [0, 0.05) is 5.56 Å². The quantitative estimate of drug-likeness (QED) is 0.531. The second kappa shape index (κ2) is 5.92. The van der Waals surface area contributed by atoms with E-state index in [0.29, 0.717) is 12.2 Å². The molecule has 0 heterocycles. The number of nitrogens with two attached hydrogens (primary N) is 1. The molecule has 0 fully saturated rings. The van der Waals surface area contributed by atoms with Gasteiger partial charge in [0.15, 0.2) is 5.11 Å². The normalized spacial score (nSPS) is 9.31. The highest BCUT2D eigenvalue weighted by molar-refractivity contribution is 7.80. The van der Waals surface area contributed by atoms with Crippen molar-refractivity contribution in [1.82, 2.24) is 10.9 Å². The lowest BCUT2D eigenvalue weighted by Crippen LogP contribution is -2.44. The number of rotatable bonds is 3. The Kier molecular flexibility index (Phi) is 4.53. The van der Waals surface area contributed by atoms with Crippen LogP contribution in [-0.4, -0.2) is 17.6 Å². The van der Waals surface area contributed by atoms with E-state index in [1.165, 1.54) is 0 Å². The smallest absolute Gasteiger partial charge is 0.269 e. The van der Waals surface area contributed by atoms with Crippen molar-refractivity contribution in [1.29, 1.82) is 0 Å². The first-order chi connectivity index (χ1) is 7.63. The van der Waals surface area contributed by atoms with Crippen molar-refractivity contribution < 1.29 is 9.53 Å². The van der Waals surface area contributed by atoms with Crippen LogP contribution in [0.2, 0.25) is 0 Å². The predicted molar refractivity (Wildman–Crippen MR) is 65.0 cm³/mol. The van der Waals surface area contributed by atoms with Gasteiger partial charge in [-0.1, -0.05) is 0 Å². The Morgan fingerprint density at radius 2 is 2.00 bits per heavy atom. The number of benzene rings is 1. The highest BCUT2D eigenvalue weighted by Crippen LogP contribution is 2.11. The molecule has 0 atom stereocenters. The molecular weight excluding hydrogens is 226 g/mol. The summed E-state index contributed by atoms with van der Waals surface area (Å²) in [5, 5.41) is 0.0132. The van der Waals surface area contributed by atoms with Crippen LogP contribution in [0.3, 0.4) is 0 Å². The summed E-state index contributed by atoms with van der Waals surface area (Å²) < 4.78 is 5.25. The van der Waals surface area contributed by atoms with Gasteiger partial charge in [0.2, 0.25) is 0 Å². The average molecular weight is 239 g/mol. The zero-order valence-corrected chi connectivity index (χ0v) is 9.64. The monoisotopic (exact) mass is 239 g/mol. The van der Waals surface area contributed by atoms with Gasteiger partial charge in [-0.25, -0.2) is 0 Å². The number of ether oxygens (including phenoxy) is 1. The summed E-state index contributed by atoms with van der Waals surface area (Å²) in [4.78, 5) is 11.5. The topological polar surface area (TPSA) is 76.4 Å². The van der Waals surface area contributed by atoms with Gasteiger partial charge in [-0.15, -0.1) is 0 Å². The van der Waals surface area contributed by atoms with E-state index in [2.05, 4.69) is 23.1 Å². The molecule has 1 aromatic rings. The minimum Gasteiger partial charge on any atom is -0.494 e. The van der Waals surface area contributed by atoms with Crippen LogP contribution < -0.4 is 21.3 Å². The molecule has 6 heteroatoms. The second-order valence-electron chi connectivity index (χ2n) is 2.90. The Morgan fingerprint density at radius 3 is 2.50 bits per heavy atom.